The molecule has 0 aliphatic heterocycles. The molecule has 0 aromatic carbocycles. The molecule has 1 aliphatic rings. The molecular formula is C10H21Cl2NO2. The minimum Gasteiger partial charge on any atom is -0.468 e. The van der Waals surface area contributed by atoms with Crippen molar-refractivity contribution in [1.29, 1.82) is 0 Å². The molecule has 1 atom stereocenters. The largest absolute Gasteiger partial charge is 0.468 e. The van der Waals surface area contributed by atoms with Crippen molar-refractivity contribution in [2.75, 3.05) is 7.11 Å². The van der Waals surface area contributed by atoms with Gasteiger partial charge in [-0.1, -0.05) is 19.8 Å². The van der Waals surface area contributed by atoms with Gasteiger partial charge in [-0.3, -0.25) is 4.79 Å². The van der Waals surface area contributed by atoms with Crippen LogP contribution in [-0.4, -0.2) is 19.1 Å². The Kier molecular flexibility index (Phi) is 9.51. The van der Waals surface area contributed by atoms with E-state index >= 15 is 0 Å². The average molecular weight is 258 g/mol. The van der Waals surface area contributed by atoms with Gasteiger partial charge in [0.15, 0.2) is 0 Å². The highest BCUT2D eigenvalue weighted by Gasteiger charge is 2.28. The summed E-state index contributed by atoms with van der Waals surface area (Å²) in [5.41, 5.74) is 5.77. The van der Waals surface area contributed by atoms with Crippen LogP contribution < -0.4 is 5.73 Å². The topological polar surface area (TPSA) is 52.3 Å². The Morgan fingerprint density at radius 1 is 1.27 bits per heavy atom. The predicted octanol–water partition coefficient (Wildman–Crippen LogP) is 2.16. The number of hydrogen-bond donors (Lipinski definition) is 1. The smallest absolute Gasteiger partial charge is 0.322 e. The number of esters is 1. The SMILES string of the molecule is COC(=O)[C@@H](N)C1CCC(C)CC1.Cl.Cl. The number of ether oxygens (including phenoxy) is 1. The van der Waals surface area contributed by atoms with Gasteiger partial charge < -0.3 is 10.5 Å². The monoisotopic (exact) mass is 257 g/mol. The molecule has 3 nitrogen and oxygen atoms in total. The van der Waals surface area contributed by atoms with E-state index in [0.29, 0.717) is 5.92 Å². The highest BCUT2D eigenvalue weighted by molar-refractivity contribution is 5.85. The Morgan fingerprint density at radius 2 is 1.73 bits per heavy atom. The fraction of sp³-hybridized carbons (Fsp3) is 0.900. The van der Waals surface area contributed by atoms with Gasteiger partial charge in [0.1, 0.15) is 6.04 Å². The van der Waals surface area contributed by atoms with Crippen molar-refractivity contribution in [3.63, 3.8) is 0 Å². The van der Waals surface area contributed by atoms with Crippen LogP contribution in [0.1, 0.15) is 32.6 Å². The average Bonchev–Trinajstić information content (AvgIpc) is 2.17. The highest BCUT2D eigenvalue weighted by Crippen LogP contribution is 2.29. The van der Waals surface area contributed by atoms with Crippen molar-refractivity contribution in [3.05, 3.63) is 0 Å². The second-order valence-electron chi connectivity index (χ2n) is 4.07. The molecule has 0 unspecified atom stereocenters. The van der Waals surface area contributed by atoms with Crippen LogP contribution in [0.25, 0.3) is 0 Å². The summed E-state index contributed by atoms with van der Waals surface area (Å²) in [6.45, 7) is 2.25. The molecule has 0 heterocycles. The van der Waals surface area contributed by atoms with E-state index in [9.17, 15) is 4.79 Å². The van der Waals surface area contributed by atoms with Crippen molar-refractivity contribution in [2.45, 2.75) is 38.6 Å². The van der Waals surface area contributed by atoms with Crippen LogP contribution in [0.15, 0.2) is 0 Å². The lowest BCUT2D eigenvalue weighted by Gasteiger charge is -2.28. The molecule has 0 bridgehead atoms. The molecule has 2 N–H and O–H groups in total. The van der Waals surface area contributed by atoms with Crippen molar-refractivity contribution in [2.24, 2.45) is 17.6 Å². The van der Waals surface area contributed by atoms with E-state index < -0.39 is 6.04 Å². The first-order chi connectivity index (χ1) is 6.15. The van der Waals surface area contributed by atoms with Gasteiger partial charge in [-0.15, -0.1) is 24.8 Å². The van der Waals surface area contributed by atoms with Crippen LogP contribution in [0.4, 0.5) is 0 Å². The minimum absolute atomic E-state index is 0. The maximum atomic E-state index is 11.1. The summed E-state index contributed by atoms with van der Waals surface area (Å²) in [5, 5.41) is 0. The fourth-order valence-corrected chi connectivity index (χ4v) is 1.97. The molecule has 1 saturated carbocycles. The fourth-order valence-electron chi connectivity index (χ4n) is 1.97. The zero-order valence-corrected chi connectivity index (χ0v) is 10.9. The van der Waals surface area contributed by atoms with Gasteiger partial charge in [-0.05, 0) is 24.7 Å². The lowest BCUT2D eigenvalue weighted by atomic mass is 9.79. The lowest BCUT2D eigenvalue weighted by Crippen LogP contribution is -2.40. The molecule has 15 heavy (non-hydrogen) atoms. The number of methoxy groups -OCH3 is 1. The molecule has 1 aliphatic carbocycles. The van der Waals surface area contributed by atoms with Gasteiger partial charge >= 0.3 is 5.97 Å². The van der Waals surface area contributed by atoms with Gasteiger partial charge in [-0.2, -0.15) is 0 Å². The molecule has 5 heteroatoms. The third-order valence-electron chi connectivity index (χ3n) is 3.04. The Labute approximate surface area is 104 Å². The number of halogens is 2. The first-order valence-electron chi connectivity index (χ1n) is 4.98. The summed E-state index contributed by atoms with van der Waals surface area (Å²) in [6, 6.07) is -0.405. The molecule has 0 saturated heterocycles. The molecule has 0 spiro atoms. The van der Waals surface area contributed by atoms with Crippen LogP contribution >= 0.6 is 24.8 Å². The van der Waals surface area contributed by atoms with E-state index in [2.05, 4.69) is 11.7 Å². The van der Waals surface area contributed by atoms with Gasteiger partial charge in [0.25, 0.3) is 0 Å². The number of carbonyl (C=O) groups excluding carboxylic acids is 1. The van der Waals surface area contributed by atoms with E-state index in [1.54, 1.807) is 0 Å². The van der Waals surface area contributed by atoms with Crippen LogP contribution in [0.2, 0.25) is 0 Å². The van der Waals surface area contributed by atoms with Gasteiger partial charge in [0, 0.05) is 0 Å². The van der Waals surface area contributed by atoms with Crippen molar-refractivity contribution in [3.8, 4) is 0 Å². The number of carbonyl (C=O) groups is 1. The van der Waals surface area contributed by atoms with Crippen molar-refractivity contribution >= 4 is 30.8 Å². The van der Waals surface area contributed by atoms with E-state index in [1.807, 2.05) is 0 Å². The Bertz CT molecular complexity index is 182. The first kappa shape index (κ1) is 17.4. The molecular weight excluding hydrogens is 237 g/mol. The number of rotatable bonds is 2. The molecule has 1 fully saturated rings. The van der Waals surface area contributed by atoms with Crippen molar-refractivity contribution < 1.29 is 9.53 Å². The summed E-state index contributed by atoms with van der Waals surface area (Å²) in [6.07, 6.45) is 4.51. The van der Waals surface area contributed by atoms with Gasteiger partial charge in [-0.25, -0.2) is 0 Å². The quantitative estimate of drug-likeness (QED) is 0.772. The molecule has 1 rings (SSSR count). The predicted molar refractivity (Wildman–Crippen MR) is 65.6 cm³/mol. The number of hydrogen-bond acceptors (Lipinski definition) is 3. The summed E-state index contributed by atoms with van der Waals surface area (Å²) in [4.78, 5) is 11.1. The molecule has 0 aromatic heterocycles. The van der Waals surface area contributed by atoms with Crippen molar-refractivity contribution in [1.82, 2.24) is 0 Å². The summed E-state index contributed by atoms with van der Waals surface area (Å²) < 4.78 is 4.63. The Hall–Kier alpha value is 0.01000. The van der Waals surface area contributed by atoms with Crippen LogP contribution in [0.3, 0.4) is 0 Å². The number of nitrogens with two attached hydrogens (primary N) is 1. The van der Waals surface area contributed by atoms with Crippen LogP contribution in [-0.2, 0) is 9.53 Å². The standard InChI is InChI=1S/C10H19NO2.2ClH/c1-7-3-5-8(6-4-7)9(11)10(12)13-2;;/h7-9H,3-6,11H2,1-2H3;2*1H/t7?,8?,9-;;/m0../s1. The second kappa shape index (κ2) is 8.20. The maximum absolute atomic E-state index is 11.1. The molecule has 92 valence electrons. The van der Waals surface area contributed by atoms with Crippen LogP contribution in [0, 0.1) is 11.8 Å². The lowest BCUT2D eigenvalue weighted by molar-refractivity contribution is -0.143. The van der Waals surface area contributed by atoms with Crippen LogP contribution in [0.5, 0.6) is 0 Å². The minimum atomic E-state index is -0.405. The van der Waals surface area contributed by atoms with E-state index in [1.165, 1.54) is 20.0 Å². The van der Waals surface area contributed by atoms with E-state index in [-0.39, 0.29) is 30.8 Å². The Balaban J connectivity index is 0. The third kappa shape index (κ3) is 5.05. The normalized spacial score (nSPS) is 26.9. The van der Waals surface area contributed by atoms with E-state index in [4.69, 9.17) is 5.73 Å². The third-order valence-corrected chi connectivity index (χ3v) is 3.04. The van der Waals surface area contributed by atoms with Gasteiger partial charge in [0.2, 0.25) is 0 Å². The van der Waals surface area contributed by atoms with E-state index in [0.717, 1.165) is 18.8 Å². The molecule has 0 radical (unpaired) electrons. The molecule has 0 amide bonds. The highest BCUT2D eigenvalue weighted by atomic mass is 35.5. The summed E-state index contributed by atoms with van der Waals surface area (Å²) in [5.74, 6) is 0.865. The Morgan fingerprint density at radius 3 is 2.13 bits per heavy atom. The first-order valence-corrected chi connectivity index (χ1v) is 4.98. The second-order valence-corrected chi connectivity index (χ2v) is 4.07. The summed E-state index contributed by atoms with van der Waals surface area (Å²) in [7, 11) is 1.40. The van der Waals surface area contributed by atoms with Gasteiger partial charge in [0.05, 0.1) is 7.11 Å². The summed E-state index contributed by atoms with van der Waals surface area (Å²) >= 11 is 0. The maximum Gasteiger partial charge on any atom is 0.322 e. The zero-order chi connectivity index (χ0) is 9.84. The zero-order valence-electron chi connectivity index (χ0n) is 9.27. The molecule has 0 aromatic rings.